The van der Waals surface area contributed by atoms with E-state index >= 15 is 0 Å². The zero-order chi connectivity index (χ0) is 20.4. The molecule has 2 aromatic rings. The Morgan fingerprint density at radius 3 is 2.45 bits per heavy atom. The van der Waals surface area contributed by atoms with Gasteiger partial charge in [0.2, 0.25) is 10.0 Å². The summed E-state index contributed by atoms with van der Waals surface area (Å²) in [6, 6.07) is 15.1. The summed E-state index contributed by atoms with van der Waals surface area (Å²) in [5.41, 5.74) is 3.32. The molecule has 0 bridgehead atoms. The van der Waals surface area contributed by atoms with Gasteiger partial charge in [-0.3, -0.25) is 4.79 Å². The van der Waals surface area contributed by atoms with Crippen molar-refractivity contribution in [2.24, 2.45) is 0 Å². The Morgan fingerprint density at radius 1 is 1.03 bits per heavy atom. The number of aryl methyl sites for hydroxylation is 2. The van der Waals surface area contributed by atoms with Gasteiger partial charge >= 0.3 is 0 Å². The lowest BCUT2D eigenvalue weighted by atomic mass is 10.1. The molecule has 1 aliphatic heterocycles. The van der Waals surface area contributed by atoms with Gasteiger partial charge in [0, 0.05) is 12.7 Å². The standard InChI is InChI=1S/C22H27N3O3S/c1-23(20-8-3-2-4-9-20)22(26)17-24-12-14-25(15-13-24)29(27,28)21-11-10-18-6-5-7-19(18)16-21/h2-4,8-11,16H,5-7,12-15,17H2,1H3/p+1. The Kier molecular flexibility index (Phi) is 5.72. The molecule has 1 fully saturated rings. The number of likely N-dealkylation sites (N-methyl/N-ethyl adjacent to an activating group) is 1. The molecule has 0 radical (unpaired) electrons. The SMILES string of the molecule is CN(C(=O)C[NH+]1CCN(S(=O)(=O)c2ccc3c(c2)CCC3)CC1)c1ccccc1. The van der Waals surface area contributed by atoms with E-state index in [1.54, 1.807) is 22.3 Å². The number of carbonyl (C=O) groups excluding carboxylic acids is 1. The fraction of sp³-hybridized carbons (Fsp3) is 0.409. The first-order valence-electron chi connectivity index (χ1n) is 10.2. The summed E-state index contributed by atoms with van der Waals surface area (Å²) >= 11 is 0. The average Bonchev–Trinajstić information content (AvgIpc) is 3.22. The monoisotopic (exact) mass is 414 g/mol. The summed E-state index contributed by atoms with van der Waals surface area (Å²) < 4.78 is 27.7. The Balaban J connectivity index is 1.36. The number of quaternary nitrogens is 1. The summed E-state index contributed by atoms with van der Waals surface area (Å²) in [6.07, 6.45) is 3.11. The predicted octanol–water partition coefficient (Wildman–Crippen LogP) is 0.728. The Labute approximate surface area is 172 Å². The molecule has 0 unspecified atom stereocenters. The second kappa shape index (κ2) is 8.26. The van der Waals surface area contributed by atoms with E-state index in [9.17, 15) is 13.2 Å². The van der Waals surface area contributed by atoms with Crippen LogP contribution in [0.3, 0.4) is 0 Å². The van der Waals surface area contributed by atoms with Crippen LogP contribution in [0.1, 0.15) is 17.5 Å². The number of fused-ring (bicyclic) bond motifs is 1. The third-order valence-electron chi connectivity index (χ3n) is 6.06. The average molecular weight is 415 g/mol. The smallest absolute Gasteiger partial charge is 0.281 e. The highest BCUT2D eigenvalue weighted by molar-refractivity contribution is 7.89. The maximum atomic E-state index is 13.1. The maximum Gasteiger partial charge on any atom is 0.281 e. The quantitative estimate of drug-likeness (QED) is 0.785. The maximum absolute atomic E-state index is 13.1. The molecule has 154 valence electrons. The molecule has 0 aromatic heterocycles. The van der Waals surface area contributed by atoms with Gasteiger partial charge in [-0.25, -0.2) is 8.42 Å². The molecule has 6 nitrogen and oxygen atoms in total. The highest BCUT2D eigenvalue weighted by atomic mass is 32.2. The molecule has 1 aliphatic carbocycles. The molecule has 1 N–H and O–H groups in total. The number of rotatable bonds is 5. The van der Waals surface area contributed by atoms with Crippen molar-refractivity contribution in [1.29, 1.82) is 0 Å². The number of para-hydroxylation sites is 1. The van der Waals surface area contributed by atoms with Crippen molar-refractivity contribution in [3.05, 3.63) is 59.7 Å². The largest absolute Gasteiger partial charge is 0.325 e. The number of sulfonamides is 1. The van der Waals surface area contributed by atoms with E-state index in [2.05, 4.69) is 0 Å². The summed E-state index contributed by atoms with van der Waals surface area (Å²) in [4.78, 5) is 15.8. The summed E-state index contributed by atoms with van der Waals surface area (Å²) in [5.74, 6) is 0.0427. The van der Waals surface area contributed by atoms with Crippen molar-refractivity contribution in [1.82, 2.24) is 4.31 Å². The zero-order valence-corrected chi connectivity index (χ0v) is 17.6. The van der Waals surface area contributed by atoms with Crippen molar-refractivity contribution in [2.45, 2.75) is 24.2 Å². The van der Waals surface area contributed by atoms with E-state index in [0.717, 1.165) is 29.8 Å². The lowest BCUT2D eigenvalue weighted by Crippen LogP contribution is -3.15. The Bertz CT molecular complexity index is 984. The first-order valence-corrected chi connectivity index (χ1v) is 11.7. The zero-order valence-electron chi connectivity index (χ0n) is 16.8. The summed E-state index contributed by atoms with van der Waals surface area (Å²) in [6.45, 7) is 2.53. The van der Waals surface area contributed by atoms with E-state index in [1.807, 2.05) is 42.5 Å². The van der Waals surface area contributed by atoms with Gasteiger partial charge in [0.05, 0.1) is 31.1 Å². The van der Waals surface area contributed by atoms with Gasteiger partial charge in [-0.05, 0) is 54.7 Å². The normalized spacial score (nSPS) is 17.8. The lowest BCUT2D eigenvalue weighted by molar-refractivity contribution is -0.895. The summed E-state index contributed by atoms with van der Waals surface area (Å²) in [5, 5.41) is 0. The van der Waals surface area contributed by atoms with Crippen LogP contribution in [-0.4, -0.2) is 58.4 Å². The molecular formula is C22H28N3O3S+. The van der Waals surface area contributed by atoms with Gasteiger partial charge in [-0.15, -0.1) is 0 Å². The Morgan fingerprint density at radius 2 is 1.72 bits per heavy atom. The van der Waals surface area contributed by atoms with Gasteiger partial charge in [0.1, 0.15) is 0 Å². The van der Waals surface area contributed by atoms with Crippen molar-refractivity contribution < 1.29 is 18.1 Å². The van der Waals surface area contributed by atoms with Crippen LogP contribution in [0.15, 0.2) is 53.4 Å². The van der Waals surface area contributed by atoms with E-state index in [4.69, 9.17) is 0 Å². The highest BCUT2D eigenvalue weighted by Crippen LogP contribution is 2.26. The Hall–Kier alpha value is -2.22. The van der Waals surface area contributed by atoms with E-state index in [1.165, 1.54) is 11.1 Å². The topological polar surface area (TPSA) is 62.1 Å². The van der Waals surface area contributed by atoms with Crippen LogP contribution in [-0.2, 0) is 27.7 Å². The minimum atomic E-state index is -3.47. The van der Waals surface area contributed by atoms with Crippen LogP contribution in [0.25, 0.3) is 0 Å². The number of hydrogen-bond acceptors (Lipinski definition) is 3. The van der Waals surface area contributed by atoms with Crippen molar-refractivity contribution in [3.63, 3.8) is 0 Å². The number of benzene rings is 2. The van der Waals surface area contributed by atoms with Crippen LogP contribution in [0.5, 0.6) is 0 Å². The molecular weight excluding hydrogens is 386 g/mol. The number of hydrogen-bond donors (Lipinski definition) is 1. The van der Waals surface area contributed by atoms with E-state index < -0.39 is 10.0 Å². The fourth-order valence-corrected chi connectivity index (χ4v) is 5.70. The van der Waals surface area contributed by atoms with Gasteiger partial charge in [-0.2, -0.15) is 4.31 Å². The third kappa shape index (κ3) is 4.22. The molecule has 1 amide bonds. The minimum Gasteiger partial charge on any atom is -0.325 e. The highest BCUT2D eigenvalue weighted by Gasteiger charge is 2.32. The number of piperazine rings is 1. The van der Waals surface area contributed by atoms with Crippen molar-refractivity contribution in [2.75, 3.05) is 44.7 Å². The van der Waals surface area contributed by atoms with Crippen LogP contribution in [0, 0.1) is 0 Å². The summed E-state index contributed by atoms with van der Waals surface area (Å²) in [7, 11) is -1.69. The van der Waals surface area contributed by atoms with E-state index in [0.29, 0.717) is 37.6 Å². The number of anilines is 1. The molecule has 7 heteroatoms. The van der Waals surface area contributed by atoms with Crippen molar-refractivity contribution >= 4 is 21.6 Å². The van der Waals surface area contributed by atoms with Gasteiger partial charge in [0.25, 0.3) is 5.91 Å². The second-order valence-corrected chi connectivity index (χ2v) is 9.84. The molecule has 4 rings (SSSR count). The molecule has 0 atom stereocenters. The third-order valence-corrected chi connectivity index (χ3v) is 7.95. The van der Waals surface area contributed by atoms with Crippen LogP contribution < -0.4 is 9.80 Å². The molecule has 1 heterocycles. The lowest BCUT2D eigenvalue weighted by Gasteiger charge is -2.32. The van der Waals surface area contributed by atoms with Crippen LogP contribution in [0.2, 0.25) is 0 Å². The first kappa shape index (κ1) is 20.1. The second-order valence-electron chi connectivity index (χ2n) is 7.90. The number of nitrogens with one attached hydrogen (secondary N) is 1. The van der Waals surface area contributed by atoms with Gasteiger partial charge < -0.3 is 9.80 Å². The number of amides is 1. The minimum absolute atomic E-state index is 0.0427. The molecule has 0 saturated carbocycles. The number of carbonyl (C=O) groups is 1. The van der Waals surface area contributed by atoms with Gasteiger partial charge in [0.15, 0.2) is 6.54 Å². The van der Waals surface area contributed by atoms with Crippen molar-refractivity contribution in [3.8, 4) is 0 Å². The molecule has 1 saturated heterocycles. The predicted molar refractivity (Wildman–Crippen MR) is 113 cm³/mol. The molecule has 29 heavy (non-hydrogen) atoms. The molecule has 0 spiro atoms. The first-order chi connectivity index (χ1) is 13.9. The fourth-order valence-electron chi connectivity index (χ4n) is 4.21. The van der Waals surface area contributed by atoms with Gasteiger partial charge in [-0.1, -0.05) is 24.3 Å². The molecule has 2 aliphatic rings. The van der Waals surface area contributed by atoms with E-state index in [-0.39, 0.29) is 5.91 Å². The van der Waals surface area contributed by atoms with Crippen LogP contribution >= 0.6 is 0 Å². The molecule has 2 aromatic carbocycles. The van der Waals surface area contributed by atoms with Crippen LogP contribution in [0.4, 0.5) is 5.69 Å². The number of nitrogens with zero attached hydrogens (tertiary/aromatic N) is 2.